The Morgan fingerprint density at radius 1 is 1.22 bits per heavy atom. The van der Waals surface area contributed by atoms with E-state index >= 15 is 0 Å². The summed E-state index contributed by atoms with van der Waals surface area (Å²) < 4.78 is 0. The van der Waals surface area contributed by atoms with E-state index in [4.69, 9.17) is 0 Å². The molecule has 6 nitrogen and oxygen atoms in total. The molecule has 1 saturated heterocycles. The van der Waals surface area contributed by atoms with Crippen molar-refractivity contribution < 1.29 is 14.7 Å². The number of carbonyl (C=O) groups is 2. The van der Waals surface area contributed by atoms with Crippen molar-refractivity contribution in [2.24, 2.45) is 5.92 Å². The number of nitrogens with one attached hydrogen (secondary N) is 1. The van der Waals surface area contributed by atoms with Gasteiger partial charge < -0.3 is 20.2 Å². The third-order valence-electron chi connectivity index (χ3n) is 2.89. The molecular formula is C12H23N3O3. The second kappa shape index (κ2) is 6.70. The molecule has 0 aromatic heterocycles. The highest BCUT2D eigenvalue weighted by Crippen LogP contribution is 2.03. The van der Waals surface area contributed by atoms with Crippen LogP contribution in [0.15, 0.2) is 0 Å². The lowest BCUT2D eigenvalue weighted by Crippen LogP contribution is -2.55. The fourth-order valence-corrected chi connectivity index (χ4v) is 1.80. The summed E-state index contributed by atoms with van der Waals surface area (Å²) in [6.45, 7) is 6.66. The molecule has 2 N–H and O–H groups in total. The Balaban J connectivity index is 2.33. The maximum Gasteiger partial charge on any atom is 0.312 e. The molecule has 1 rings (SSSR count). The minimum absolute atomic E-state index is 0.212. The van der Waals surface area contributed by atoms with Crippen molar-refractivity contribution in [3.05, 3.63) is 0 Å². The highest BCUT2D eigenvalue weighted by Gasteiger charge is 2.31. The van der Waals surface area contributed by atoms with Gasteiger partial charge in [-0.25, -0.2) is 0 Å². The molecule has 1 unspecified atom stereocenters. The van der Waals surface area contributed by atoms with Crippen molar-refractivity contribution in [3.63, 3.8) is 0 Å². The third-order valence-corrected chi connectivity index (χ3v) is 2.89. The lowest BCUT2D eigenvalue weighted by atomic mass is 10.2. The van der Waals surface area contributed by atoms with Crippen LogP contribution in [0.25, 0.3) is 0 Å². The van der Waals surface area contributed by atoms with Gasteiger partial charge in [-0.3, -0.25) is 9.59 Å². The van der Waals surface area contributed by atoms with Crippen LogP contribution in [0, 0.1) is 5.92 Å². The van der Waals surface area contributed by atoms with E-state index in [1.54, 1.807) is 7.05 Å². The number of carbonyl (C=O) groups excluding carboxylic acids is 2. The maximum absolute atomic E-state index is 11.7. The van der Waals surface area contributed by atoms with Crippen LogP contribution in [-0.2, 0) is 9.59 Å². The normalized spacial score (nSPS) is 18.7. The molecule has 1 atom stereocenters. The van der Waals surface area contributed by atoms with Crippen LogP contribution in [0.2, 0.25) is 0 Å². The Morgan fingerprint density at radius 2 is 1.89 bits per heavy atom. The van der Waals surface area contributed by atoms with Crippen LogP contribution in [-0.4, -0.2) is 72.6 Å². The van der Waals surface area contributed by atoms with Gasteiger partial charge in [0, 0.05) is 33.2 Å². The highest BCUT2D eigenvalue weighted by molar-refractivity contribution is 6.35. The molecule has 0 aliphatic carbocycles. The molecule has 0 spiro atoms. The second-order valence-corrected chi connectivity index (χ2v) is 5.18. The fraction of sp³-hybridized carbons (Fsp3) is 0.833. The molecule has 1 heterocycles. The van der Waals surface area contributed by atoms with Gasteiger partial charge >= 0.3 is 11.8 Å². The van der Waals surface area contributed by atoms with Crippen molar-refractivity contribution in [2.45, 2.75) is 20.0 Å². The number of amides is 2. The van der Waals surface area contributed by atoms with E-state index in [0.717, 1.165) is 6.54 Å². The number of hydrogen-bond donors (Lipinski definition) is 2. The second-order valence-electron chi connectivity index (χ2n) is 5.18. The molecule has 0 bridgehead atoms. The van der Waals surface area contributed by atoms with Gasteiger partial charge in [-0.1, -0.05) is 13.8 Å². The van der Waals surface area contributed by atoms with E-state index < -0.39 is 17.9 Å². The predicted molar refractivity (Wildman–Crippen MR) is 67.9 cm³/mol. The standard InChI is InChI=1S/C12H23N3O3/c1-9(2)6-13-7-10(16)8-15-5-4-14(3)11(17)12(15)18/h9-10,13,16H,4-8H2,1-3H3. The first-order chi connectivity index (χ1) is 8.41. The van der Waals surface area contributed by atoms with Crippen LogP contribution >= 0.6 is 0 Å². The maximum atomic E-state index is 11.7. The zero-order valence-electron chi connectivity index (χ0n) is 11.3. The summed E-state index contributed by atoms with van der Waals surface area (Å²) in [7, 11) is 1.61. The average Bonchev–Trinajstić information content (AvgIpc) is 2.29. The highest BCUT2D eigenvalue weighted by atomic mass is 16.3. The quantitative estimate of drug-likeness (QED) is 0.592. The fourth-order valence-electron chi connectivity index (χ4n) is 1.80. The van der Waals surface area contributed by atoms with E-state index in [1.165, 1.54) is 9.80 Å². The lowest BCUT2D eigenvalue weighted by molar-refractivity contribution is -0.155. The number of likely N-dealkylation sites (N-methyl/N-ethyl adjacent to an activating group) is 1. The molecule has 0 aromatic carbocycles. The van der Waals surface area contributed by atoms with Crippen molar-refractivity contribution in [3.8, 4) is 0 Å². The molecule has 0 saturated carbocycles. The minimum atomic E-state index is -0.635. The summed E-state index contributed by atoms with van der Waals surface area (Å²) in [5.74, 6) is -0.501. The monoisotopic (exact) mass is 257 g/mol. The summed E-state index contributed by atoms with van der Waals surface area (Å²) in [5.41, 5.74) is 0. The van der Waals surface area contributed by atoms with Gasteiger partial charge in [-0.15, -0.1) is 0 Å². The summed E-state index contributed by atoms with van der Waals surface area (Å²) in [6.07, 6.45) is -0.635. The van der Waals surface area contributed by atoms with Crippen LogP contribution in [0.1, 0.15) is 13.8 Å². The number of piperazine rings is 1. The van der Waals surface area contributed by atoms with Crippen LogP contribution in [0.5, 0.6) is 0 Å². The summed E-state index contributed by atoms with van der Waals surface area (Å²) in [5, 5.41) is 12.9. The summed E-state index contributed by atoms with van der Waals surface area (Å²) in [6, 6.07) is 0. The Kier molecular flexibility index (Phi) is 5.55. The van der Waals surface area contributed by atoms with E-state index in [-0.39, 0.29) is 6.54 Å². The van der Waals surface area contributed by atoms with E-state index in [0.29, 0.717) is 25.6 Å². The minimum Gasteiger partial charge on any atom is -0.390 e. The smallest absolute Gasteiger partial charge is 0.312 e. The first-order valence-corrected chi connectivity index (χ1v) is 6.35. The molecule has 0 aromatic rings. The molecule has 1 aliphatic heterocycles. The van der Waals surface area contributed by atoms with E-state index in [2.05, 4.69) is 19.2 Å². The first-order valence-electron chi connectivity index (χ1n) is 6.35. The van der Waals surface area contributed by atoms with Crippen molar-refractivity contribution in [2.75, 3.05) is 39.8 Å². The molecule has 0 radical (unpaired) electrons. The molecule has 104 valence electrons. The van der Waals surface area contributed by atoms with Gasteiger partial charge in [0.1, 0.15) is 0 Å². The Hall–Kier alpha value is -1.14. The predicted octanol–water partition coefficient (Wildman–Crippen LogP) is -1.11. The lowest BCUT2D eigenvalue weighted by Gasteiger charge is -2.32. The van der Waals surface area contributed by atoms with Crippen LogP contribution < -0.4 is 5.32 Å². The van der Waals surface area contributed by atoms with Crippen LogP contribution in [0.3, 0.4) is 0 Å². The summed E-state index contributed by atoms with van der Waals surface area (Å²) in [4.78, 5) is 25.9. The van der Waals surface area contributed by atoms with Crippen LogP contribution in [0.4, 0.5) is 0 Å². The van der Waals surface area contributed by atoms with Crippen molar-refractivity contribution in [1.82, 2.24) is 15.1 Å². The molecular weight excluding hydrogens is 234 g/mol. The van der Waals surface area contributed by atoms with Gasteiger partial charge in [0.25, 0.3) is 0 Å². The Labute approximate surface area is 108 Å². The van der Waals surface area contributed by atoms with E-state index in [1.807, 2.05) is 0 Å². The number of β-amino-alcohol motifs (C(OH)–C–C–N with tert-alkyl or cyclic N) is 1. The van der Waals surface area contributed by atoms with Crippen molar-refractivity contribution >= 4 is 11.8 Å². The van der Waals surface area contributed by atoms with E-state index in [9.17, 15) is 14.7 Å². The first kappa shape index (κ1) is 14.9. The molecule has 18 heavy (non-hydrogen) atoms. The topological polar surface area (TPSA) is 72.9 Å². The molecule has 2 amide bonds. The molecule has 1 fully saturated rings. The SMILES string of the molecule is CC(C)CNCC(O)CN1CCN(C)C(=O)C1=O. The van der Waals surface area contributed by atoms with Gasteiger partial charge in [0.15, 0.2) is 0 Å². The summed E-state index contributed by atoms with van der Waals surface area (Å²) >= 11 is 0. The zero-order valence-corrected chi connectivity index (χ0v) is 11.3. The largest absolute Gasteiger partial charge is 0.390 e. The van der Waals surface area contributed by atoms with Gasteiger partial charge in [0.05, 0.1) is 6.10 Å². The Bertz CT molecular complexity index is 307. The van der Waals surface area contributed by atoms with Gasteiger partial charge in [-0.05, 0) is 12.5 Å². The Morgan fingerprint density at radius 3 is 2.50 bits per heavy atom. The van der Waals surface area contributed by atoms with Gasteiger partial charge in [-0.2, -0.15) is 0 Å². The molecule has 1 aliphatic rings. The number of hydrogen-bond acceptors (Lipinski definition) is 4. The molecule has 6 heteroatoms. The van der Waals surface area contributed by atoms with Gasteiger partial charge in [0.2, 0.25) is 0 Å². The average molecular weight is 257 g/mol. The number of aliphatic hydroxyl groups excluding tert-OH is 1. The third kappa shape index (κ3) is 4.27. The van der Waals surface area contributed by atoms with Crippen molar-refractivity contribution in [1.29, 1.82) is 0 Å². The number of aliphatic hydroxyl groups is 1. The zero-order chi connectivity index (χ0) is 13.7. The number of rotatable bonds is 6. The number of nitrogens with zero attached hydrogens (tertiary/aromatic N) is 2.